The molecule has 33 heavy (non-hydrogen) atoms. The van der Waals surface area contributed by atoms with Crippen molar-refractivity contribution in [2.45, 2.75) is 45.7 Å². The maximum absolute atomic E-state index is 12.9. The van der Waals surface area contributed by atoms with Crippen molar-refractivity contribution in [1.29, 1.82) is 0 Å². The van der Waals surface area contributed by atoms with Crippen molar-refractivity contribution in [1.82, 2.24) is 9.88 Å². The number of halogens is 1. The zero-order chi connectivity index (χ0) is 22.1. The molecule has 0 saturated heterocycles. The zero-order valence-electron chi connectivity index (χ0n) is 18.8. The van der Waals surface area contributed by atoms with Gasteiger partial charge in [0.1, 0.15) is 10.0 Å². The second-order valence-corrected chi connectivity index (χ2v) is 10.7. The fourth-order valence-electron chi connectivity index (χ4n) is 4.25. The molecular formula is C26H28ClN3OS2. The molecule has 0 fully saturated rings. The van der Waals surface area contributed by atoms with Crippen LogP contribution in [-0.4, -0.2) is 28.4 Å². The first-order chi connectivity index (χ1) is 15.6. The molecule has 1 aliphatic heterocycles. The maximum atomic E-state index is 12.9. The molecular weight excluding hydrogens is 470 g/mol. The quantitative estimate of drug-likeness (QED) is 0.319. The fraction of sp³-hybridized carbons (Fsp3) is 0.308. The number of amides is 1. The summed E-state index contributed by atoms with van der Waals surface area (Å²) in [6.07, 6.45) is 2.22. The highest BCUT2D eigenvalue weighted by molar-refractivity contribution is 7.22. The minimum atomic E-state index is 0. The third-order valence-electron chi connectivity index (χ3n) is 6.06. The molecule has 0 unspecified atom stereocenters. The number of aryl methyl sites for hydroxylation is 1. The number of fused-ring (bicyclic) bond motifs is 2. The van der Waals surface area contributed by atoms with Crippen LogP contribution in [0.5, 0.6) is 0 Å². The number of carbonyl (C=O) groups excluding carboxylic acids is 1. The Morgan fingerprint density at radius 3 is 2.61 bits per heavy atom. The Morgan fingerprint density at radius 2 is 1.85 bits per heavy atom. The van der Waals surface area contributed by atoms with Gasteiger partial charge in [-0.25, -0.2) is 4.98 Å². The molecule has 0 atom stereocenters. The monoisotopic (exact) mass is 497 g/mol. The molecule has 2 aromatic heterocycles. The molecule has 172 valence electrons. The number of aromatic nitrogens is 1. The molecule has 1 aliphatic rings. The lowest BCUT2D eigenvalue weighted by Gasteiger charge is -2.30. The molecule has 0 radical (unpaired) electrons. The minimum absolute atomic E-state index is 0. The summed E-state index contributed by atoms with van der Waals surface area (Å²) in [7, 11) is 0. The van der Waals surface area contributed by atoms with Gasteiger partial charge in [0.15, 0.2) is 0 Å². The molecule has 1 N–H and O–H groups in total. The lowest BCUT2D eigenvalue weighted by atomic mass is 10.0. The summed E-state index contributed by atoms with van der Waals surface area (Å²) in [5.74, 6) is 0.0653. The smallest absolute Gasteiger partial charge is 0.225 e. The van der Waals surface area contributed by atoms with Crippen LogP contribution in [0.25, 0.3) is 20.8 Å². The van der Waals surface area contributed by atoms with Crippen molar-refractivity contribution in [2.75, 3.05) is 11.9 Å². The lowest BCUT2D eigenvalue weighted by molar-refractivity contribution is -0.116. The first-order valence-corrected chi connectivity index (χ1v) is 12.8. The Balaban J connectivity index is 0.00000259. The number of hydrogen-bond donors (Lipinski definition) is 1. The van der Waals surface area contributed by atoms with Crippen molar-refractivity contribution in [3.8, 4) is 10.6 Å². The third-order valence-corrected chi connectivity index (χ3v) is 8.25. The van der Waals surface area contributed by atoms with Gasteiger partial charge >= 0.3 is 0 Å². The highest BCUT2D eigenvalue weighted by atomic mass is 35.5. The van der Waals surface area contributed by atoms with Crippen LogP contribution in [0.1, 0.15) is 36.3 Å². The van der Waals surface area contributed by atoms with Crippen LogP contribution in [0.15, 0.2) is 54.6 Å². The summed E-state index contributed by atoms with van der Waals surface area (Å²) in [6, 6.07) is 19.0. The molecule has 2 aromatic carbocycles. The molecule has 5 rings (SSSR count). The van der Waals surface area contributed by atoms with E-state index in [-0.39, 0.29) is 18.3 Å². The third kappa shape index (κ3) is 5.14. The molecule has 4 aromatic rings. The zero-order valence-corrected chi connectivity index (χ0v) is 21.3. The van der Waals surface area contributed by atoms with Gasteiger partial charge < -0.3 is 5.32 Å². The lowest BCUT2D eigenvalue weighted by Crippen LogP contribution is -2.35. The van der Waals surface area contributed by atoms with Gasteiger partial charge in [0.05, 0.1) is 10.2 Å². The number of para-hydroxylation sites is 1. The van der Waals surface area contributed by atoms with E-state index >= 15 is 0 Å². The van der Waals surface area contributed by atoms with Crippen molar-refractivity contribution in [3.63, 3.8) is 0 Å². The Bertz CT molecular complexity index is 1220. The fourth-order valence-corrected chi connectivity index (χ4v) is 6.65. The van der Waals surface area contributed by atoms with Gasteiger partial charge in [-0.15, -0.1) is 35.1 Å². The van der Waals surface area contributed by atoms with Gasteiger partial charge in [0, 0.05) is 36.0 Å². The second-order valence-electron chi connectivity index (χ2n) is 8.54. The van der Waals surface area contributed by atoms with E-state index in [0.717, 1.165) is 47.0 Å². The number of nitrogens with one attached hydrogen (secondary N) is 1. The number of nitrogens with zero attached hydrogens (tertiary/aromatic N) is 2. The second kappa shape index (κ2) is 10.3. The Labute approximate surface area is 209 Å². The number of benzene rings is 2. The average molecular weight is 498 g/mol. The minimum Gasteiger partial charge on any atom is -0.317 e. The van der Waals surface area contributed by atoms with Crippen molar-refractivity contribution < 1.29 is 4.79 Å². The first-order valence-electron chi connectivity index (χ1n) is 11.2. The van der Waals surface area contributed by atoms with Crippen LogP contribution in [0.3, 0.4) is 0 Å². The van der Waals surface area contributed by atoms with E-state index in [9.17, 15) is 4.79 Å². The number of thiophene rings is 1. The topological polar surface area (TPSA) is 45.2 Å². The standard InChI is InChI=1S/C26H27N3OS2.ClH/c1-17(2)29-15-14-19-22(16-29)32-26(28-23(30)13-12-18-8-4-3-5-9-18)24(19)25-27-20-10-6-7-11-21(20)31-25;/h3-11,17H,12-16H2,1-2H3,(H,28,30);1H. The molecule has 3 heterocycles. The van der Waals surface area contributed by atoms with Gasteiger partial charge in [-0.05, 0) is 49.9 Å². The predicted molar refractivity (Wildman–Crippen MR) is 143 cm³/mol. The number of hydrogen-bond acceptors (Lipinski definition) is 5. The maximum Gasteiger partial charge on any atom is 0.225 e. The van der Waals surface area contributed by atoms with Gasteiger partial charge in [0.2, 0.25) is 5.91 Å². The van der Waals surface area contributed by atoms with Gasteiger partial charge in [-0.1, -0.05) is 42.5 Å². The molecule has 1 amide bonds. The number of carbonyl (C=O) groups is 1. The van der Waals surface area contributed by atoms with Gasteiger partial charge in [0.25, 0.3) is 0 Å². The van der Waals surface area contributed by atoms with Crippen LogP contribution in [-0.2, 0) is 24.2 Å². The Kier molecular flexibility index (Phi) is 7.49. The summed E-state index contributed by atoms with van der Waals surface area (Å²) in [4.78, 5) is 21.7. The van der Waals surface area contributed by atoms with Crippen LogP contribution >= 0.6 is 35.1 Å². The summed E-state index contributed by atoms with van der Waals surface area (Å²) >= 11 is 3.45. The normalized spacial score (nSPS) is 13.7. The number of thiazole rings is 1. The van der Waals surface area contributed by atoms with E-state index in [2.05, 4.69) is 54.4 Å². The molecule has 0 saturated carbocycles. The summed E-state index contributed by atoms with van der Waals surface area (Å²) < 4.78 is 1.18. The van der Waals surface area contributed by atoms with Crippen molar-refractivity contribution >= 4 is 56.2 Å². The largest absolute Gasteiger partial charge is 0.317 e. The van der Waals surface area contributed by atoms with Crippen LogP contribution in [0, 0.1) is 0 Å². The summed E-state index contributed by atoms with van der Waals surface area (Å²) in [6.45, 7) is 6.48. The molecule has 0 bridgehead atoms. The van der Waals surface area contributed by atoms with Gasteiger partial charge in [-0.3, -0.25) is 9.69 Å². The van der Waals surface area contributed by atoms with Crippen LogP contribution in [0.4, 0.5) is 5.00 Å². The van der Waals surface area contributed by atoms with E-state index in [4.69, 9.17) is 4.98 Å². The molecule has 4 nitrogen and oxygen atoms in total. The molecule has 0 spiro atoms. The Hall–Kier alpha value is -2.25. The predicted octanol–water partition coefficient (Wildman–Crippen LogP) is 6.78. The van der Waals surface area contributed by atoms with Crippen LogP contribution < -0.4 is 5.32 Å². The van der Waals surface area contributed by atoms with E-state index < -0.39 is 0 Å². The highest BCUT2D eigenvalue weighted by Crippen LogP contribution is 2.45. The number of anilines is 1. The first kappa shape index (κ1) is 23.9. The molecule has 7 heteroatoms. The average Bonchev–Trinajstić information content (AvgIpc) is 3.38. The van der Waals surface area contributed by atoms with Crippen molar-refractivity contribution in [3.05, 3.63) is 70.6 Å². The SMILES string of the molecule is CC(C)N1CCc2c(sc(NC(=O)CCc3ccccc3)c2-c2nc3ccccc3s2)C1.Cl. The van der Waals surface area contributed by atoms with Crippen LogP contribution in [0.2, 0.25) is 0 Å². The Morgan fingerprint density at radius 1 is 1.09 bits per heavy atom. The van der Waals surface area contributed by atoms with Crippen molar-refractivity contribution in [2.24, 2.45) is 0 Å². The summed E-state index contributed by atoms with van der Waals surface area (Å²) in [5.41, 5.74) is 4.72. The van der Waals surface area contributed by atoms with E-state index in [1.54, 1.807) is 22.7 Å². The van der Waals surface area contributed by atoms with E-state index in [1.807, 2.05) is 24.3 Å². The van der Waals surface area contributed by atoms with E-state index in [0.29, 0.717) is 12.5 Å². The number of rotatable bonds is 6. The highest BCUT2D eigenvalue weighted by Gasteiger charge is 2.28. The summed E-state index contributed by atoms with van der Waals surface area (Å²) in [5, 5.41) is 5.22. The van der Waals surface area contributed by atoms with E-state index in [1.165, 1.54) is 20.7 Å². The van der Waals surface area contributed by atoms with Gasteiger partial charge in [-0.2, -0.15) is 0 Å². The molecule has 0 aliphatic carbocycles.